The van der Waals surface area contributed by atoms with Gasteiger partial charge in [0.25, 0.3) is 0 Å². The zero-order valence-corrected chi connectivity index (χ0v) is 16.5. The van der Waals surface area contributed by atoms with Gasteiger partial charge in [0, 0.05) is 29.1 Å². The van der Waals surface area contributed by atoms with Crippen molar-refractivity contribution in [1.82, 2.24) is 5.32 Å². The Hall–Kier alpha value is -3.54. The highest BCUT2D eigenvalue weighted by molar-refractivity contribution is 5.99. The second kappa shape index (κ2) is 9.59. The van der Waals surface area contributed by atoms with E-state index in [2.05, 4.69) is 10.6 Å². The maximum absolute atomic E-state index is 12.1. The molecule has 6 nitrogen and oxygen atoms in total. The molecule has 0 fully saturated rings. The molecule has 0 bridgehead atoms. The number of rotatable bonds is 8. The molecule has 29 heavy (non-hydrogen) atoms. The molecule has 1 heterocycles. The van der Waals surface area contributed by atoms with E-state index in [1.54, 1.807) is 30.3 Å². The van der Waals surface area contributed by atoms with E-state index in [1.165, 1.54) is 6.08 Å². The summed E-state index contributed by atoms with van der Waals surface area (Å²) < 4.78 is 11.2. The van der Waals surface area contributed by atoms with Crippen molar-refractivity contribution >= 4 is 34.5 Å². The van der Waals surface area contributed by atoms with Gasteiger partial charge in [-0.05, 0) is 43.3 Å². The lowest BCUT2D eigenvalue weighted by molar-refractivity contribution is -0.121. The number of hydrogen-bond donors (Lipinski definition) is 2. The fourth-order valence-corrected chi connectivity index (χ4v) is 2.95. The van der Waals surface area contributed by atoms with Crippen LogP contribution in [0.25, 0.3) is 17.0 Å². The van der Waals surface area contributed by atoms with Gasteiger partial charge in [-0.1, -0.05) is 25.1 Å². The van der Waals surface area contributed by atoms with Crippen molar-refractivity contribution in [3.05, 3.63) is 65.9 Å². The molecular weight excluding hydrogens is 368 g/mol. The Morgan fingerprint density at radius 3 is 2.55 bits per heavy atom. The number of carbonyl (C=O) groups excluding carboxylic acids is 2. The summed E-state index contributed by atoms with van der Waals surface area (Å²) in [5.41, 5.74) is 2.32. The molecule has 0 radical (unpaired) electrons. The fraction of sp³-hybridized carbons (Fsp3) is 0.217. The van der Waals surface area contributed by atoms with E-state index in [-0.39, 0.29) is 18.4 Å². The molecule has 0 unspecified atom stereocenters. The van der Waals surface area contributed by atoms with Gasteiger partial charge >= 0.3 is 0 Å². The van der Waals surface area contributed by atoms with Crippen molar-refractivity contribution in [2.45, 2.75) is 20.3 Å². The summed E-state index contributed by atoms with van der Waals surface area (Å²) >= 11 is 0. The summed E-state index contributed by atoms with van der Waals surface area (Å²) in [4.78, 5) is 24.2. The predicted octanol–water partition coefficient (Wildman–Crippen LogP) is 4.16. The van der Waals surface area contributed by atoms with Gasteiger partial charge in [0.15, 0.2) is 0 Å². The average molecular weight is 392 g/mol. The van der Waals surface area contributed by atoms with Crippen LogP contribution in [0.1, 0.15) is 25.2 Å². The summed E-state index contributed by atoms with van der Waals surface area (Å²) in [7, 11) is 0. The predicted molar refractivity (Wildman–Crippen MR) is 114 cm³/mol. The van der Waals surface area contributed by atoms with Crippen LogP contribution in [0.5, 0.6) is 5.75 Å². The van der Waals surface area contributed by atoms with Gasteiger partial charge in [-0.25, -0.2) is 0 Å². The lowest BCUT2D eigenvalue weighted by atomic mass is 10.1. The summed E-state index contributed by atoms with van der Waals surface area (Å²) in [6.45, 7) is 4.37. The number of amides is 2. The number of fused-ring (bicyclic) bond motifs is 1. The number of carbonyl (C=O) groups is 2. The Morgan fingerprint density at radius 2 is 1.83 bits per heavy atom. The largest absolute Gasteiger partial charge is 0.494 e. The smallest absolute Gasteiger partial charge is 0.244 e. The quantitative estimate of drug-likeness (QED) is 0.564. The molecule has 0 aliphatic heterocycles. The van der Waals surface area contributed by atoms with Gasteiger partial charge < -0.3 is 19.8 Å². The Kier molecular flexibility index (Phi) is 6.68. The summed E-state index contributed by atoms with van der Waals surface area (Å²) in [6.07, 6.45) is 3.87. The van der Waals surface area contributed by atoms with Crippen LogP contribution in [0.4, 0.5) is 5.69 Å². The van der Waals surface area contributed by atoms with Gasteiger partial charge in [0.1, 0.15) is 17.1 Å². The van der Waals surface area contributed by atoms with Crippen LogP contribution in [-0.2, 0) is 16.0 Å². The number of aryl methyl sites for hydroxylation is 1. The topological polar surface area (TPSA) is 80.6 Å². The van der Waals surface area contributed by atoms with Crippen LogP contribution in [0.2, 0.25) is 0 Å². The van der Waals surface area contributed by atoms with Crippen LogP contribution < -0.4 is 15.4 Å². The molecule has 0 spiro atoms. The summed E-state index contributed by atoms with van der Waals surface area (Å²) in [5, 5.41) is 6.28. The van der Waals surface area contributed by atoms with E-state index in [1.807, 2.05) is 38.1 Å². The molecule has 150 valence electrons. The number of hydrogen-bond acceptors (Lipinski definition) is 4. The van der Waals surface area contributed by atoms with Crippen molar-refractivity contribution < 1.29 is 18.7 Å². The van der Waals surface area contributed by atoms with E-state index in [0.717, 1.165) is 34.5 Å². The molecule has 0 aliphatic carbocycles. The van der Waals surface area contributed by atoms with E-state index >= 15 is 0 Å². The third kappa shape index (κ3) is 5.25. The molecule has 0 atom stereocenters. The average Bonchev–Trinajstić information content (AvgIpc) is 3.10. The zero-order valence-electron chi connectivity index (χ0n) is 16.5. The molecule has 3 aromatic rings. The monoisotopic (exact) mass is 392 g/mol. The van der Waals surface area contributed by atoms with Gasteiger partial charge in [-0.3, -0.25) is 9.59 Å². The Bertz CT molecular complexity index is 1020. The summed E-state index contributed by atoms with van der Waals surface area (Å²) in [5.74, 6) is 0.906. The van der Waals surface area contributed by atoms with Crippen molar-refractivity contribution in [3.63, 3.8) is 0 Å². The lowest BCUT2D eigenvalue weighted by Gasteiger charge is -2.07. The molecule has 0 saturated heterocycles. The first-order valence-electron chi connectivity index (χ1n) is 9.59. The molecule has 2 aromatic carbocycles. The first-order chi connectivity index (χ1) is 14.1. The molecule has 6 heteroatoms. The first-order valence-corrected chi connectivity index (χ1v) is 9.59. The Balaban J connectivity index is 1.55. The van der Waals surface area contributed by atoms with E-state index in [0.29, 0.717) is 12.3 Å². The Morgan fingerprint density at radius 1 is 1.07 bits per heavy atom. The third-order valence-electron chi connectivity index (χ3n) is 4.31. The van der Waals surface area contributed by atoms with Crippen LogP contribution in [0.15, 0.2) is 59.0 Å². The second-order valence-corrected chi connectivity index (χ2v) is 6.35. The highest BCUT2D eigenvalue weighted by atomic mass is 16.5. The number of nitrogens with one attached hydrogen (secondary N) is 2. The maximum atomic E-state index is 12.1. The normalized spacial score (nSPS) is 11.0. The second-order valence-electron chi connectivity index (χ2n) is 6.35. The van der Waals surface area contributed by atoms with Gasteiger partial charge in [0.05, 0.1) is 13.2 Å². The van der Waals surface area contributed by atoms with Crippen molar-refractivity contribution in [2.75, 3.05) is 18.5 Å². The van der Waals surface area contributed by atoms with Crippen LogP contribution in [0.3, 0.4) is 0 Å². The van der Waals surface area contributed by atoms with E-state index in [9.17, 15) is 9.59 Å². The number of furan rings is 1. The first kappa shape index (κ1) is 20.2. The van der Waals surface area contributed by atoms with Crippen molar-refractivity contribution in [3.8, 4) is 5.75 Å². The van der Waals surface area contributed by atoms with E-state index < -0.39 is 0 Å². The van der Waals surface area contributed by atoms with E-state index in [4.69, 9.17) is 9.15 Å². The van der Waals surface area contributed by atoms with Gasteiger partial charge in [-0.15, -0.1) is 0 Å². The molecular formula is C23H24N2O4. The van der Waals surface area contributed by atoms with Crippen LogP contribution >= 0.6 is 0 Å². The van der Waals surface area contributed by atoms with Crippen LogP contribution in [0, 0.1) is 0 Å². The molecule has 2 N–H and O–H groups in total. The minimum absolute atomic E-state index is 0.122. The molecule has 1 aromatic heterocycles. The number of anilines is 1. The minimum Gasteiger partial charge on any atom is -0.494 e. The number of benzene rings is 2. The third-order valence-corrected chi connectivity index (χ3v) is 4.31. The molecule has 3 rings (SSSR count). The number of para-hydroxylation sites is 1. The molecule has 0 aliphatic rings. The van der Waals surface area contributed by atoms with Gasteiger partial charge in [-0.2, -0.15) is 0 Å². The molecule has 0 saturated carbocycles. The minimum atomic E-state index is -0.348. The fourth-order valence-electron chi connectivity index (χ4n) is 2.95. The zero-order chi connectivity index (χ0) is 20.6. The summed E-state index contributed by atoms with van der Waals surface area (Å²) in [6, 6.07) is 14.8. The SMILES string of the molecule is CCOc1ccc(NC(=O)CNC(=O)/C=C/c2c(CC)oc3ccccc23)cc1. The van der Waals surface area contributed by atoms with Crippen molar-refractivity contribution in [2.24, 2.45) is 0 Å². The highest BCUT2D eigenvalue weighted by Gasteiger charge is 2.10. The lowest BCUT2D eigenvalue weighted by Crippen LogP contribution is -2.31. The van der Waals surface area contributed by atoms with Gasteiger partial charge in [0.2, 0.25) is 11.8 Å². The highest BCUT2D eigenvalue weighted by Crippen LogP contribution is 2.27. The Labute approximate surface area is 169 Å². The molecule has 2 amide bonds. The standard InChI is InChI=1S/C23H24N2O4/c1-3-20-19(18-7-5-6-8-21(18)29-20)13-14-22(26)24-15-23(27)25-16-9-11-17(12-10-16)28-4-2/h5-14H,3-4,15H2,1-2H3,(H,24,26)(H,25,27)/b14-13+. The number of ether oxygens (including phenoxy) is 1. The maximum Gasteiger partial charge on any atom is 0.244 e. The van der Waals surface area contributed by atoms with Crippen molar-refractivity contribution in [1.29, 1.82) is 0 Å². The van der Waals surface area contributed by atoms with Crippen LogP contribution in [-0.4, -0.2) is 25.0 Å².